The van der Waals surface area contributed by atoms with Gasteiger partial charge >= 0.3 is 0 Å². The largest absolute Gasteiger partial charge is 0.507 e. The molecule has 1 aromatic heterocycles. The molecule has 0 saturated carbocycles. The first kappa shape index (κ1) is 14.1. The number of nitrogens with zero attached hydrogens (tertiary/aromatic N) is 2. The number of carbonyl (C=O) groups excluding carboxylic acids is 1. The molecule has 0 aliphatic heterocycles. The van der Waals surface area contributed by atoms with E-state index in [-0.39, 0.29) is 28.3 Å². The average molecular weight is 294 g/mol. The highest BCUT2D eigenvalue weighted by Gasteiger charge is 2.14. The minimum atomic E-state index is -0.532. The van der Waals surface area contributed by atoms with Crippen LogP contribution in [-0.2, 0) is 0 Å². The topological polar surface area (TPSA) is 84.3 Å². The number of methoxy groups -OCH3 is 1. The van der Waals surface area contributed by atoms with E-state index < -0.39 is 5.91 Å². The number of aromatic hydroxyl groups is 1. The molecule has 0 aliphatic carbocycles. The first-order valence-corrected chi connectivity index (χ1v) is 6.07. The number of benzene rings is 1. The minimum Gasteiger partial charge on any atom is -0.507 e. The van der Waals surface area contributed by atoms with E-state index in [1.54, 1.807) is 12.1 Å². The van der Waals surface area contributed by atoms with Gasteiger partial charge in [0.2, 0.25) is 11.8 Å². The van der Waals surface area contributed by atoms with Crippen LogP contribution in [0, 0.1) is 6.92 Å². The van der Waals surface area contributed by atoms with Crippen molar-refractivity contribution in [3.63, 3.8) is 0 Å². The molecule has 2 N–H and O–H groups in total. The zero-order valence-electron chi connectivity index (χ0n) is 10.8. The van der Waals surface area contributed by atoms with Crippen molar-refractivity contribution in [3.05, 3.63) is 40.5 Å². The third kappa shape index (κ3) is 3.16. The van der Waals surface area contributed by atoms with Crippen LogP contribution in [0.1, 0.15) is 15.9 Å². The third-order valence-corrected chi connectivity index (χ3v) is 2.70. The van der Waals surface area contributed by atoms with Crippen molar-refractivity contribution < 1.29 is 14.6 Å². The minimum absolute atomic E-state index is 0.000237. The highest BCUT2D eigenvalue weighted by molar-refractivity contribution is 6.29. The van der Waals surface area contributed by atoms with Gasteiger partial charge in [-0.05, 0) is 19.1 Å². The molecule has 0 spiro atoms. The number of anilines is 1. The fourth-order valence-electron chi connectivity index (χ4n) is 1.56. The van der Waals surface area contributed by atoms with Crippen LogP contribution in [0.4, 0.5) is 5.95 Å². The molecule has 0 saturated heterocycles. The molecule has 0 unspecified atom stereocenters. The van der Waals surface area contributed by atoms with Gasteiger partial charge in [-0.15, -0.1) is 0 Å². The first-order valence-electron chi connectivity index (χ1n) is 5.69. The molecule has 20 heavy (non-hydrogen) atoms. The summed E-state index contributed by atoms with van der Waals surface area (Å²) in [6, 6.07) is 6.13. The molecule has 0 radical (unpaired) electrons. The monoisotopic (exact) mass is 293 g/mol. The molecule has 104 valence electrons. The highest BCUT2D eigenvalue weighted by Crippen LogP contribution is 2.20. The van der Waals surface area contributed by atoms with Gasteiger partial charge in [-0.25, -0.2) is 4.98 Å². The lowest BCUT2D eigenvalue weighted by atomic mass is 10.1. The Morgan fingerprint density at radius 2 is 2.10 bits per heavy atom. The Bertz CT molecular complexity index is 661. The fraction of sp³-hybridized carbons (Fsp3) is 0.154. The van der Waals surface area contributed by atoms with Crippen LogP contribution in [0.2, 0.25) is 5.15 Å². The van der Waals surface area contributed by atoms with E-state index >= 15 is 0 Å². The van der Waals surface area contributed by atoms with Crippen LogP contribution in [0.5, 0.6) is 11.6 Å². The maximum atomic E-state index is 12.1. The summed E-state index contributed by atoms with van der Waals surface area (Å²) >= 11 is 5.78. The standard InChI is InChI=1S/C13H12ClN3O3/c1-7-3-4-9(18)8(5-7)12(19)17-13-15-10(14)6-11(16-13)20-2/h3-6,18H,1-2H3,(H,15,16,17,19). The predicted octanol–water partition coefficient (Wildman–Crippen LogP) is 2.40. The number of hydrogen-bond donors (Lipinski definition) is 2. The first-order chi connectivity index (χ1) is 9.49. The number of phenolic OH excluding ortho intramolecular Hbond substituents is 1. The molecule has 1 heterocycles. The molecule has 1 amide bonds. The smallest absolute Gasteiger partial charge is 0.261 e. The highest BCUT2D eigenvalue weighted by atomic mass is 35.5. The summed E-state index contributed by atoms with van der Waals surface area (Å²) < 4.78 is 4.93. The summed E-state index contributed by atoms with van der Waals surface area (Å²) in [6.45, 7) is 1.81. The van der Waals surface area contributed by atoms with Crippen molar-refractivity contribution in [3.8, 4) is 11.6 Å². The Hall–Kier alpha value is -2.34. The van der Waals surface area contributed by atoms with Crippen molar-refractivity contribution in [2.45, 2.75) is 6.92 Å². The van der Waals surface area contributed by atoms with E-state index in [1.807, 2.05) is 6.92 Å². The molecule has 1 aromatic carbocycles. The number of phenols is 1. The van der Waals surface area contributed by atoms with Gasteiger partial charge in [0.15, 0.2) is 0 Å². The molecule has 2 rings (SSSR count). The number of halogens is 1. The zero-order valence-corrected chi connectivity index (χ0v) is 11.6. The second kappa shape index (κ2) is 5.75. The summed E-state index contributed by atoms with van der Waals surface area (Å²) in [4.78, 5) is 19.9. The molecule has 7 heteroatoms. The molecule has 2 aromatic rings. The average Bonchev–Trinajstić information content (AvgIpc) is 2.40. The van der Waals surface area contributed by atoms with Crippen LogP contribution in [0.3, 0.4) is 0 Å². The van der Waals surface area contributed by atoms with E-state index in [4.69, 9.17) is 16.3 Å². The number of hydrogen-bond acceptors (Lipinski definition) is 5. The van der Waals surface area contributed by atoms with Gasteiger partial charge in [0.05, 0.1) is 12.7 Å². The molecule has 6 nitrogen and oxygen atoms in total. The van der Waals surface area contributed by atoms with Crippen molar-refractivity contribution in [2.24, 2.45) is 0 Å². The van der Waals surface area contributed by atoms with Gasteiger partial charge in [0.25, 0.3) is 5.91 Å². The Morgan fingerprint density at radius 3 is 2.80 bits per heavy atom. The molecule has 0 atom stereocenters. The fourth-order valence-corrected chi connectivity index (χ4v) is 1.73. The van der Waals surface area contributed by atoms with E-state index in [0.29, 0.717) is 0 Å². The Morgan fingerprint density at radius 1 is 1.35 bits per heavy atom. The van der Waals surface area contributed by atoms with Crippen molar-refractivity contribution >= 4 is 23.5 Å². The lowest BCUT2D eigenvalue weighted by Crippen LogP contribution is -2.15. The SMILES string of the molecule is COc1cc(Cl)nc(NC(=O)c2cc(C)ccc2O)n1. The van der Waals surface area contributed by atoms with Crippen molar-refractivity contribution in [1.82, 2.24) is 9.97 Å². The normalized spacial score (nSPS) is 10.2. The van der Waals surface area contributed by atoms with Gasteiger partial charge < -0.3 is 9.84 Å². The molecule has 0 fully saturated rings. The number of rotatable bonds is 3. The summed E-state index contributed by atoms with van der Waals surface area (Å²) in [5, 5.41) is 12.3. The maximum absolute atomic E-state index is 12.1. The quantitative estimate of drug-likeness (QED) is 0.849. The number of carbonyl (C=O) groups is 1. The molecular weight excluding hydrogens is 282 g/mol. The van der Waals surface area contributed by atoms with Crippen LogP contribution in [0.25, 0.3) is 0 Å². The molecular formula is C13H12ClN3O3. The second-order valence-corrected chi connectivity index (χ2v) is 4.42. The zero-order chi connectivity index (χ0) is 14.7. The maximum Gasteiger partial charge on any atom is 0.261 e. The summed E-state index contributed by atoms with van der Waals surface area (Å²) in [5.41, 5.74) is 0.977. The van der Waals surface area contributed by atoms with Crippen molar-refractivity contribution in [1.29, 1.82) is 0 Å². The van der Waals surface area contributed by atoms with Crippen LogP contribution in [0.15, 0.2) is 24.3 Å². The van der Waals surface area contributed by atoms with Crippen molar-refractivity contribution in [2.75, 3.05) is 12.4 Å². The van der Waals surface area contributed by atoms with Gasteiger partial charge in [0.1, 0.15) is 10.9 Å². The van der Waals surface area contributed by atoms with Gasteiger partial charge in [-0.1, -0.05) is 23.2 Å². The number of aromatic nitrogens is 2. The molecule has 0 bridgehead atoms. The number of aryl methyl sites for hydroxylation is 1. The van der Waals surface area contributed by atoms with E-state index in [9.17, 15) is 9.90 Å². The van der Waals surface area contributed by atoms with E-state index in [0.717, 1.165) is 5.56 Å². The Balaban J connectivity index is 2.27. The lowest BCUT2D eigenvalue weighted by Gasteiger charge is -2.07. The lowest BCUT2D eigenvalue weighted by molar-refractivity contribution is 0.102. The van der Waals surface area contributed by atoms with Crippen LogP contribution < -0.4 is 10.1 Å². The van der Waals surface area contributed by atoms with Crippen LogP contribution in [-0.4, -0.2) is 28.1 Å². The summed E-state index contributed by atoms with van der Waals surface area (Å²) in [7, 11) is 1.43. The number of ether oxygens (including phenoxy) is 1. The summed E-state index contributed by atoms with van der Waals surface area (Å²) in [5.74, 6) is -0.424. The second-order valence-electron chi connectivity index (χ2n) is 4.03. The summed E-state index contributed by atoms with van der Waals surface area (Å²) in [6.07, 6.45) is 0. The Labute approximate surface area is 120 Å². The Kier molecular flexibility index (Phi) is 4.05. The number of amides is 1. The molecule has 0 aliphatic rings. The third-order valence-electron chi connectivity index (χ3n) is 2.50. The van der Waals surface area contributed by atoms with E-state index in [1.165, 1.54) is 19.2 Å². The van der Waals surface area contributed by atoms with Gasteiger partial charge in [0, 0.05) is 6.07 Å². The van der Waals surface area contributed by atoms with Crippen LogP contribution >= 0.6 is 11.6 Å². The van der Waals surface area contributed by atoms with Gasteiger partial charge in [-0.2, -0.15) is 4.98 Å². The van der Waals surface area contributed by atoms with E-state index in [2.05, 4.69) is 15.3 Å². The predicted molar refractivity (Wildman–Crippen MR) is 74.4 cm³/mol. The number of nitrogens with one attached hydrogen (secondary N) is 1. The van der Waals surface area contributed by atoms with Gasteiger partial charge in [-0.3, -0.25) is 10.1 Å².